The summed E-state index contributed by atoms with van der Waals surface area (Å²) < 4.78 is 44.8. The number of alkyl carbamates (subject to hydrolysis) is 2. The van der Waals surface area contributed by atoms with Crippen molar-refractivity contribution in [2.24, 2.45) is 10.8 Å². The Bertz CT molecular complexity index is 2130. The number of nitrogens with one attached hydrogen (secondary N) is 3. The van der Waals surface area contributed by atoms with Gasteiger partial charge in [0.15, 0.2) is 0 Å². The van der Waals surface area contributed by atoms with Gasteiger partial charge in [-0.25, -0.2) is 18.0 Å². The number of aliphatic hydroxyl groups is 2. The van der Waals surface area contributed by atoms with Gasteiger partial charge in [-0.15, -0.1) is 0 Å². The highest BCUT2D eigenvalue weighted by atomic mass is 32.2. The molecule has 0 spiro atoms. The van der Waals surface area contributed by atoms with Crippen LogP contribution in [0.1, 0.15) is 106 Å². The van der Waals surface area contributed by atoms with E-state index in [9.17, 15) is 28.2 Å². The molecule has 5 N–H and O–H groups in total. The van der Waals surface area contributed by atoms with E-state index in [4.69, 9.17) is 24.7 Å². The van der Waals surface area contributed by atoms with Crippen LogP contribution in [0.25, 0.3) is 0 Å². The Balaban J connectivity index is 0.000000487. The molecule has 0 unspecified atom stereocenters. The van der Waals surface area contributed by atoms with Gasteiger partial charge in [0, 0.05) is 39.0 Å². The zero-order chi connectivity index (χ0) is 50.5. The summed E-state index contributed by atoms with van der Waals surface area (Å²) >= 11 is 0. The fourth-order valence-corrected chi connectivity index (χ4v) is 8.48. The van der Waals surface area contributed by atoms with Crippen molar-refractivity contribution in [1.29, 1.82) is 10.5 Å². The van der Waals surface area contributed by atoms with Gasteiger partial charge in [-0.05, 0) is 113 Å². The molecule has 67 heavy (non-hydrogen) atoms. The van der Waals surface area contributed by atoms with Crippen LogP contribution in [0.5, 0.6) is 5.75 Å². The van der Waals surface area contributed by atoms with Gasteiger partial charge < -0.3 is 40.4 Å². The average Bonchev–Trinajstić information content (AvgIpc) is 3.23. The molecule has 0 aliphatic heterocycles. The predicted octanol–water partition coefficient (Wildman–Crippen LogP) is 7.92. The SMILES string of the molecule is CC(C)(CCC#N)CNC[C@@H](O)[C@H](Cc1ccccc1)NC(=O)OC(C)(C)C.COc1ccc(S(=O)(=O)N(C[C@@H](O)[C@H](Cc2ccccc2)NC(=O)OC(C)(C)C)CC(C)(C)CCC#N)cc1. The van der Waals surface area contributed by atoms with Crippen LogP contribution < -0.4 is 20.7 Å². The van der Waals surface area contributed by atoms with Crippen molar-refractivity contribution < 1.29 is 42.4 Å². The van der Waals surface area contributed by atoms with Gasteiger partial charge in [-0.2, -0.15) is 14.8 Å². The summed E-state index contributed by atoms with van der Waals surface area (Å²) in [5.74, 6) is 0.513. The number of sulfonamides is 1. The standard InChI is InChI=1S/C29H41N3O6S.C22H35N3O3/c1-28(2,3)38-27(34)31-25(19-22-11-8-7-9-12-22)26(33)20-32(21-29(4,5)17-10-18-30)39(35,36)24-15-13-23(37-6)14-16-24;1-21(2,3)28-20(27)25-18(14-17-10-7-6-8-11-17)19(26)15-24-16-22(4,5)12-9-13-23/h7-9,11-16,25-26,33H,10,17,19-21H2,1-6H3,(H,31,34);6-8,10-11,18-19,24,26H,9,12,14-16H2,1-5H3,(H,25,27)/t25-,26+;18-,19+/m00/s1. The molecule has 0 heterocycles. The summed E-state index contributed by atoms with van der Waals surface area (Å²) in [5.41, 5.74) is -0.0599. The van der Waals surface area contributed by atoms with Gasteiger partial charge in [-0.1, -0.05) is 88.4 Å². The Labute approximate surface area is 400 Å². The molecule has 0 aliphatic carbocycles. The normalized spacial score (nSPS) is 13.9. The van der Waals surface area contributed by atoms with Crippen molar-refractivity contribution >= 4 is 22.2 Å². The van der Waals surface area contributed by atoms with Crippen molar-refractivity contribution in [2.75, 3.05) is 33.3 Å². The van der Waals surface area contributed by atoms with E-state index in [1.165, 1.54) is 23.5 Å². The number of hydrogen-bond acceptors (Lipinski definition) is 12. The molecule has 3 aromatic rings. The Morgan fingerprint density at radius 2 is 1.10 bits per heavy atom. The quantitative estimate of drug-likeness (QED) is 0.0612. The molecule has 0 radical (unpaired) electrons. The third-order valence-electron chi connectivity index (χ3n) is 10.4. The number of ether oxygens (including phenoxy) is 3. The topological polar surface area (TPSA) is 223 Å². The third kappa shape index (κ3) is 23.4. The number of aliphatic hydroxyl groups excluding tert-OH is 2. The lowest BCUT2D eigenvalue weighted by Gasteiger charge is -2.35. The van der Waals surface area contributed by atoms with Gasteiger partial charge in [0.2, 0.25) is 10.0 Å². The summed E-state index contributed by atoms with van der Waals surface area (Å²) in [6, 6.07) is 28.0. The highest BCUT2D eigenvalue weighted by Gasteiger charge is 2.35. The number of nitrogens with zero attached hydrogens (tertiary/aromatic N) is 3. The van der Waals surface area contributed by atoms with Crippen LogP contribution >= 0.6 is 0 Å². The monoisotopic (exact) mass is 949 g/mol. The molecule has 0 saturated heterocycles. The molecular weight excluding hydrogens is 873 g/mol. The van der Waals surface area contributed by atoms with Crippen molar-refractivity contribution in [3.8, 4) is 17.9 Å². The predicted molar refractivity (Wildman–Crippen MR) is 260 cm³/mol. The van der Waals surface area contributed by atoms with Gasteiger partial charge in [-0.3, -0.25) is 0 Å². The Morgan fingerprint density at radius 3 is 1.52 bits per heavy atom. The maximum atomic E-state index is 13.8. The number of rotatable bonds is 23. The lowest BCUT2D eigenvalue weighted by Crippen LogP contribution is -2.52. The van der Waals surface area contributed by atoms with E-state index in [0.717, 1.165) is 17.5 Å². The molecule has 0 saturated carbocycles. The summed E-state index contributed by atoms with van der Waals surface area (Å²) in [6.07, 6.45) is -0.499. The average molecular weight is 949 g/mol. The number of nitriles is 2. The zero-order valence-corrected chi connectivity index (χ0v) is 42.3. The second-order valence-electron chi connectivity index (χ2n) is 20.3. The van der Waals surface area contributed by atoms with Crippen LogP contribution in [0, 0.1) is 33.5 Å². The number of amides is 2. The van der Waals surface area contributed by atoms with Gasteiger partial charge in [0.25, 0.3) is 0 Å². The smallest absolute Gasteiger partial charge is 0.407 e. The van der Waals surface area contributed by atoms with Crippen LogP contribution in [0.2, 0.25) is 0 Å². The van der Waals surface area contributed by atoms with E-state index in [1.54, 1.807) is 53.7 Å². The lowest BCUT2D eigenvalue weighted by molar-refractivity contribution is 0.0390. The molecule has 16 heteroatoms. The van der Waals surface area contributed by atoms with Gasteiger partial charge in [0.1, 0.15) is 17.0 Å². The van der Waals surface area contributed by atoms with Crippen molar-refractivity contribution in [1.82, 2.24) is 20.3 Å². The van der Waals surface area contributed by atoms with Crippen molar-refractivity contribution in [3.05, 3.63) is 96.1 Å². The second-order valence-corrected chi connectivity index (χ2v) is 22.2. The maximum Gasteiger partial charge on any atom is 0.407 e. The second kappa shape index (κ2) is 26.9. The van der Waals surface area contributed by atoms with Gasteiger partial charge >= 0.3 is 12.2 Å². The third-order valence-corrected chi connectivity index (χ3v) is 12.2. The molecule has 370 valence electrons. The number of benzene rings is 3. The van der Waals surface area contributed by atoms with Crippen LogP contribution in [0.15, 0.2) is 89.8 Å². The Morgan fingerprint density at radius 1 is 0.672 bits per heavy atom. The summed E-state index contributed by atoms with van der Waals surface area (Å²) in [6.45, 7) is 19.4. The molecule has 3 aromatic carbocycles. The van der Waals surface area contributed by atoms with E-state index in [2.05, 4.69) is 41.9 Å². The van der Waals surface area contributed by atoms with E-state index in [-0.39, 0.29) is 36.2 Å². The number of carbonyl (C=O) groups is 2. The van der Waals surface area contributed by atoms with E-state index >= 15 is 0 Å². The zero-order valence-electron chi connectivity index (χ0n) is 41.5. The molecule has 4 atom stereocenters. The first-order valence-electron chi connectivity index (χ1n) is 22.7. The largest absolute Gasteiger partial charge is 0.497 e. The van der Waals surface area contributed by atoms with E-state index < -0.39 is 63.1 Å². The first kappa shape index (κ1) is 57.9. The van der Waals surface area contributed by atoms with Crippen molar-refractivity contribution in [2.45, 2.75) is 148 Å². The molecule has 15 nitrogen and oxygen atoms in total. The van der Waals surface area contributed by atoms with Crippen molar-refractivity contribution in [3.63, 3.8) is 0 Å². The molecule has 0 aromatic heterocycles. The summed E-state index contributed by atoms with van der Waals surface area (Å²) in [7, 11) is -2.56. The van der Waals surface area contributed by atoms with Gasteiger partial charge in [0.05, 0.1) is 48.4 Å². The Kier molecular flexibility index (Phi) is 23.3. The number of methoxy groups -OCH3 is 1. The molecule has 2 amide bonds. The summed E-state index contributed by atoms with van der Waals surface area (Å²) in [5, 5.41) is 48.8. The van der Waals surface area contributed by atoms with Crippen LogP contribution in [0.4, 0.5) is 9.59 Å². The molecule has 3 rings (SSSR count). The fraction of sp³-hybridized carbons (Fsp3) is 0.569. The van der Waals surface area contributed by atoms with Crippen LogP contribution in [-0.4, -0.2) is 104 Å². The number of hydrogen-bond donors (Lipinski definition) is 5. The minimum absolute atomic E-state index is 0.0387. The molecule has 0 aliphatic rings. The molecular formula is C51H76N6O9S. The molecule has 0 bridgehead atoms. The van der Waals surface area contributed by atoms with E-state index in [0.29, 0.717) is 38.1 Å². The number of carbonyl (C=O) groups excluding carboxylic acids is 2. The minimum atomic E-state index is -4.05. The highest BCUT2D eigenvalue weighted by molar-refractivity contribution is 7.89. The molecule has 0 fully saturated rings. The van der Waals surface area contributed by atoms with Crippen LogP contribution in [-0.2, 0) is 32.3 Å². The summed E-state index contributed by atoms with van der Waals surface area (Å²) in [4.78, 5) is 24.9. The maximum absolute atomic E-state index is 13.8. The minimum Gasteiger partial charge on any atom is -0.497 e. The highest BCUT2D eigenvalue weighted by Crippen LogP contribution is 2.29. The first-order valence-corrected chi connectivity index (χ1v) is 24.1. The first-order chi connectivity index (χ1) is 31.2. The lowest BCUT2D eigenvalue weighted by atomic mass is 9.88. The van der Waals surface area contributed by atoms with Crippen LogP contribution in [0.3, 0.4) is 0 Å². The van der Waals surface area contributed by atoms with E-state index in [1.807, 2.05) is 74.5 Å². The fourth-order valence-electron chi connectivity index (χ4n) is 6.83. The Hall–Kier alpha value is -5.23.